The Hall–Kier alpha value is -2.21. The minimum Gasteiger partial charge on any atom is -0.496 e. The van der Waals surface area contributed by atoms with E-state index in [9.17, 15) is 9.59 Å². The van der Waals surface area contributed by atoms with Crippen LogP contribution in [0.25, 0.3) is 0 Å². The number of benzene rings is 1. The number of thioether (sulfide) groups is 1. The molecule has 26 heavy (non-hydrogen) atoms. The van der Waals surface area contributed by atoms with Crippen LogP contribution in [0.2, 0.25) is 0 Å². The first-order valence-electron chi connectivity index (χ1n) is 8.55. The first-order valence-corrected chi connectivity index (χ1v) is 9.43. The van der Waals surface area contributed by atoms with Crippen molar-refractivity contribution in [2.24, 2.45) is 11.8 Å². The average Bonchev–Trinajstić information content (AvgIpc) is 2.60. The summed E-state index contributed by atoms with van der Waals surface area (Å²) in [7, 11) is 1.40. The molecule has 1 aromatic rings. The van der Waals surface area contributed by atoms with Gasteiger partial charge < -0.3 is 15.2 Å². The molecular formula is C20H25NO4S. The van der Waals surface area contributed by atoms with Gasteiger partial charge in [0.2, 0.25) is 0 Å². The van der Waals surface area contributed by atoms with Crippen molar-refractivity contribution in [3.05, 3.63) is 46.4 Å². The number of allylic oxidation sites excluding steroid dienone is 2. The van der Waals surface area contributed by atoms with E-state index >= 15 is 0 Å². The summed E-state index contributed by atoms with van der Waals surface area (Å²) in [6.07, 6.45) is 4.17. The lowest BCUT2D eigenvalue weighted by Crippen LogP contribution is -2.20. The third-order valence-corrected chi connectivity index (χ3v) is 5.66. The quantitative estimate of drug-likeness (QED) is 0.762. The number of carboxylic acids is 1. The maximum absolute atomic E-state index is 12.7. The zero-order chi connectivity index (χ0) is 19.4. The molecule has 1 aromatic carbocycles. The van der Waals surface area contributed by atoms with Crippen LogP contribution >= 0.6 is 11.8 Å². The van der Waals surface area contributed by atoms with Crippen molar-refractivity contribution in [1.82, 2.24) is 0 Å². The Morgan fingerprint density at radius 2 is 1.92 bits per heavy atom. The SMILES string of the molecule is COc1cc(NC(=O)C2=CC(C(C)C)=CC(C(C)C)S2)ccc1C(=O)O. The number of hydrogen-bond donors (Lipinski definition) is 2. The van der Waals surface area contributed by atoms with Crippen molar-refractivity contribution in [2.45, 2.75) is 32.9 Å². The Kier molecular flexibility index (Phi) is 6.53. The summed E-state index contributed by atoms with van der Waals surface area (Å²) in [6.45, 7) is 8.51. The first kappa shape index (κ1) is 20.1. The minimum absolute atomic E-state index is 0.0571. The van der Waals surface area contributed by atoms with Crippen LogP contribution in [0, 0.1) is 11.8 Å². The Morgan fingerprint density at radius 3 is 2.46 bits per heavy atom. The van der Waals surface area contributed by atoms with E-state index in [4.69, 9.17) is 9.84 Å². The monoisotopic (exact) mass is 375 g/mol. The second-order valence-electron chi connectivity index (χ2n) is 6.83. The van der Waals surface area contributed by atoms with Crippen molar-refractivity contribution >= 4 is 29.3 Å². The molecule has 0 saturated heterocycles. The molecule has 0 spiro atoms. The van der Waals surface area contributed by atoms with Gasteiger partial charge in [-0.2, -0.15) is 0 Å². The fourth-order valence-electron chi connectivity index (χ4n) is 2.55. The zero-order valence-corrected chi connectivity index (χ0v) is 16.5. The number of ether oxygens (including phenoxy) is 1. The van der Waals surface area contributed by atoms with Crippen molar-refractivity contribution in [1.29, 1.82) is 0 Å². The van der Waals surface area contributed by atoms with E-state index in [-0.39, 0.29) is 22.5 Å². The van der Waals surface area contributed by atoms with Crippen molar-refractivity contribution in [2.75, 3.05) is 12.4 Å². The Labute approximate surface area is 158 Å². The standard InChI is InChI=1S/C20H25NO4S/c1-11(2)13-8-17(12(3)4)26-18(9-13)19(22)21-14-6-7-15(20(23)24)16(10-14)25-5/h6-12,17H,1-5H3,(H,21,22)(H,23,24). The van der Waals surface area contributed by atoms with Gasteiger partial charge in [0, 0.05) is 17.0 Å². The third-order valence-electron chi connectivity index (χ3n) is 4.15. The Bertz CT molecular complexity index is 765. The molecule has 0 radical (unpaired) electrons. The number of rotatable bonds is 6. The van der Waals surface area contributed by atoms with Crippen LogP contribution < -0.4 is 10.1 Å². The topological polar surface area (TPSA) is 75.6 Å². The highest BCUT2D eigenvalue weighted by atomic mass is 32.2. The van der Waals surface area contributed by atoms with Crippen LogP contribution in [-0.2, 0) is 4.79 Å². The van der Waals surface area contributed by atoms with E-state index in [1.165, 1.54) is 19.2 Å². The minimum atomic E-state index is -1.07. The summed E-state index contributed by atoms with van der Waals surface area (Å²) in [6, 6.07) is 4.52. The summed E-state index contributed by atoms with van der Waals surface area (Å²) < 4.78 is 5.11. The van der Waals surface area contributed by atoms with Crippen LogP contribution in [0.1, 0.15) is 38.1 Å². The predicted octanol–water partition coefficient (Wildman–Crippen LogP) is 4.57. The molecule has 1 aliphatic heterocycles. The van der Waals surface area contributed by atoms with Gasteiger partial charge in [0.1, 0.15) is 11.3 Å². The lowest BCUT2D eigenvalue weighted by atomic mass is 9.98. The van der Waals surface area contributed by atoms with Crippen LogP contribution in [0.3, 0.4) is 0 Å². The molecule has 1 aliphatic rings. The second kappa shape index (κ2) is 8.45. The number of hydrogen-bond acceptors (Lipinski definition) is 4. The lowest BCUT2D eigenvalue weighted by Gasteiger charge is -2.25. The summed E-state index contributed by atoms with van der Waals surface area (Å²) >= 11 is 1.55. The third kappa shape index (κ3) is 4.69. The zero-order valence-electron chi connectivity index (χ0n) is 15.7. The Balaban J connectivity index is 2.24. The van der Waals surface area contributed by atoms with E-state index in [0.29, 0.717) is 22.4 Å². The lowest BCUT2D eigenvalue weighted by molar-refractivity contribution is -0.112. The number of methoxy groups -OCH3 is 1. The molecule has 0 aromatic heterocycles. The molecule has 1 atom stereocenters. The van der Waals surface area contributed by atoms with Crippen LogP contribution in [0.15, 0.2) is 40.8 Å². The molecule has 5 nitrogen and oxygen atoms in total. The number of aromatic carboxylic acids is 1. The summed E-state index contributed by atoms with van der Waals surface area (Å²) in [4.78, 5) is 24.6. The fourth-order valence-corrected chi connectivity index (χ4v) is 3.70. The van der Waals surface area contributed by atoms with Gasteiger partial charge >= 0.3 is 5.97 Å². The number of nitrogens with one attached hydrogen (secondary N) is 1. The largest absolute Gasteiger partial charge is 0.496 e. The predicted molar refractivity (Wildman–Crippen MR) is 106 cm³/mol. The van der Waals surface area contributed by atoms with Gasteiger partial charge in [-0.05, 0) is 35.6 Å². The average molecular weight is 375 g/mol. The number of amides is 1. The molecule has 1 unspecified atom stereocenters. The van der Waals surface area contributed by atoms with Crippen molar-refractivity contribution in [3.63, 3.8) is 0 Å². The molecule has 0 bridgehead atoms. The smallest absolute Gasteiger partial charge is 0.339 e. The molecular weight excluding hydrogens is 350 g/mol. The van der Waals surface area contributed by atoms with Crippen molar-refractivity contribution < 1.29 is 19.4 Å². The normalized spacial score (nSPS) is 17.0. The molecule has 2 N–H and O–H groups in total. The maximum Gasteiger partial charge on any atom is 0.339 e. The van der Waals surface area contributed by atoms with E-state index in [1.54, 1.807) is 17.8 Å². The summed E-state index contributed by atoms with van der Waals surface area (Å²) in [5.41, 5.74) is 1.72. The molecule has 140 valence electrons. The van der Waals surface area contributed by atoms with E-state index < -0.39 is 5.97 Å². The number of carboxylic acid groups (broad SMARTS) is 1. The fraction of sp³-hybridized carbons (Fsp3) is 0.400. The van der Waals surface area contributed by atoms with Gasteiger partial charge in [-0.3, -0.25) is 4.79 Å². The van der Waals surface area contributed by atoms with Crippen LogP contribution in [-0.4, -0.2) is 29.3 Å². The number of anilines is 1. The molecule has 0 fully saturated rings. The van der Waals surface area contributed by atoms with Crippen LogP contribution in [0.5, 0.6) is 5.75 Å². The first-order chi connectivity index (χ1) is 12.2. The van der Waals surface area contributed by atoms with Gasteiger partial charge in [0.15, 0.2) is 0 Å². The highest BCUT2D eigenvalue weighted by Crippen LogP contribution is 2.36. The molecule has 0 aliphatic carbocycles. The molecule has 1 amide bonds. The molecule has 0 saturated carbocycles. The summed E-state index contributed by atoms with van der Waals surface area (Å²) in [5, 5.41) is 12.2. The van der Waals surface area contributed by atoms with Gasteiger partial charge in [0.25, 0.3) is 5.91 Å². The van der Waals surface area contributed by atoms with Gasteiger partial charge in [-0.25, -0.2) is 4.79 Å². The van der Waals surface area contributed by atoms with Crippen LogP contribution in [0.4, 0.5) is 5.69 Å². The maximum atomic E-state index is 12.7. The van der Waals surface area contributed by atoms with Gasteiger partial charge in [0.05, 0.1) is 12.0 Å². The second-order valence-corrected chi connectivity index (χ2v) is 8.05. The molecule has 6 heteroatoms. The Morgan fingerprint density at radius 1 is 1.23 bits per heavy atom. The summed E-state index contributed by atoms with van der Waals surface area (Å²) in [5.74, 6) is -0.299. The van der Waals surface area contributed by atoms with E-state index in [1.807, 2.05) is 6.08 Å². The number of carbonyl (C=O) groups is 2. The van der Waals surface area contributed by atoms with E-state index in [0.717, 1.165) is 5.57 Å². The molecule has 2 rings (SSSR count). The molecule has 1 heterocycles. The van der Waals surface area contributed by atoms with Gasteiger partial charge in [-0.1, -0.05) is 33.8 Å². The van der Waals surface area contributed by atoms with Crippen molar-refractivity contribution in [3.8, 4) is 5.75 Å². The van der Waals surface area contributed by atoms with Gasteiger partial charge in [-0.15, -0.1) is 11.8 Å². The number of carbonyl (C=O) groups excluding carboxylic acids is 1. The highest BCUT2D eigenvalue weighted by Gasteiger charge is 2.24. The highest BCUT2D eigenvalue weighted by molar-refractivity contribution is 8.04. The van der Waals surface area contributed by atoms with E-state index in [2.05, 4.69) is 39.1 Å².